The van der Waals surface area contributed by atoms with Gasteiger partial charge in [0.15, 0.2) is 0 Å². The molecular formula is C33H66N2O. The maximum Gasteiger partial charge on any atom is 0.0793 e. The first-order chi connectivity index (χ1) is 17.4. The van der Waals surface area contributed by atoms with E-state index in [0.717, 1.165) is 6.54 Å². The predicted molar refractivity (Wildman–Crippen MR) is 158 cm³/mol. The number of hydroxylamine groups is 2. The lowest BCUT2D eigenvalue weighted by molar-refractivity contribution is -0.290. The summed E-state index contributed by atoms with van der Waals surface area (Å²) in [5.41, 5.74) is 0.240. The average Bonchev–Trinajstić information content (AvgIpc) is 2.86. The summed E-state index contributed by atoms with van der Waals surface area (Å²) in [6, 6.07) is 0.579. The van der Waals surface area contributed by atoms with Crippen LogP contribution in [0, 0.1) is 5.41 Å². The van der Waals surface area contributed by atoms with Crippen LogP contribution in [-0.4, -0.2) is 35.8 Å². The van der Waals surface area contributed by atoms with Gasteiger partial charge in [-0.1, -0.05) is 136 Å². The molecule has 0 radical (unpaired) electrons. The molecule has 0 amide bonds. The molecule has 1 saturated heterocycles. The van der Waals surface area contributed by atoms with Crippen molar-refractivity contribution in [3.05, 3.63) is 0 Å². The Balaban J connectivity index is 1.45. The van der Waals surface area contributed by atoms with Crippen LogP contribution in [0.4, 0.5) is 0 Å². The highest BCUT2D eigenvalue weighted by Gasteiger charge is 2.51. The quantitative estimate of drug-likeness (QED) is 0.166. The van der Waals surface area contributed by atoms with E-state index >= 15 is 0 Å². The molecule has 1 heterocycles. The van der Waals surface area contributed by atoms with Crippen LogP contribution in [0.5, 0.6) is 0 Å². The molecule has 2 fully saturated rings. The zero-order valence-corrected chi connectivity index (χ0v) is 25.5. The fourth-order valence-electron chi connectivity index (χ4n) is 6.48. The molecule has 1 unspecified atom stereocenters. The fourth-order valence-corrected chi connectivity index (χ4v) is 6.48. The Bertz CT molecular complexity index is 526. The van der Waals surface area contributed by atoms with Gasteiger partial charge in [0.05, 0.1) is 6.10 Å². The summed E-state index contributed by atoms with van der Waals surface area (Å²) in [5, 5.41) is 6.32. The summed E-state index contributed by atoms with van der Waals surface area (Å²) in [6.45, 7) is 14.2. The third-order valence-corrected chi connectivity index (χ3v) is 9.94. The summed E-state index contributed by atoms with van der Waals surface area (Å²) in [4.78, 5) is 6.58. The number of piperidine rings is 1. The largest absolute Gasteiger partial charge is 0.313 e. The monoisotopic (exact) mass is 507 g/mol. The summed E-state index contributed by atoms with van der Waals surface area (Å²) >= 11 is 0. The molecule has 1 aliphatic heterocycles. The molecule has 1 aliphatic carbocycles. The van der Waals surface area contributed by atoms with Crippen molar-refractivity contribution in [2.24, 2.45) is 5.41 Å². The van der Waals surface area contributed by atoms with Crippen molar-refractivity contribution < 1.29 is 4.84 Å². The van der Waals surface area contributed by atoms with Crippen molar-refractivity contribution in [2.75, 3.05) is 13.1 Å². The number of hydrogen-bond donors (Lipinski definition) is 1. The lowest BCUT2D eigenvalue weighted by Crippen LogP contribution is -2.66. The van der Waals surface area contributed by atoms with Crippen LogP contribution < -0.4 is 5.32 Å². The lowest BCUT2D eigenvalue weighted by Gasteiger charge is -2.57. The molecular weight excluding hydrogens is 440 g/mol. The van der Waals surface area contributed by atoms with E-state index in [9.17, 15) is 0 Å². The highest BCUT2D eigenvalue weighted by molar-refractivity contribution is 5.03. The molecule has 3 nitrogen and oxygen atoms in total. The first-order valence-electron chi connectivity index (χ1n) is 16.6. The molecule has 0 bridgehead atoms. The van der Waals surface area contributed by atoms with E-state index in [4.69, 9.17) is 4.84 Å². The first kappa shape index (κ1) is 32.1. The van der Waals surface area contributed by atoms with Gasteiger partial charge in [-0.2, -0.15) is 5.06 Å². The first-order valence-corrected chi connectivity index (χ1v) is 16.6. The fraction of sp³-hybridized carbons (Fsp3) is 1.00. The van der Waals surface area contributed by atoms with Gasteiger partial charge in [0.2, 0.25) is 0 Å². The van der Waals surface area contributed by atoms with Crippen molar-refractivity contribution in [1.29, 1.82) is 0 Å². The normalized spacial score (nSPS) is 22.8. The molecule has 214 valence electrons. The lowest BCUT2D eigenvalue weighted by atomic mass is 9.65. The van der Waals surface area contributed by atoms with Gasteiger partial charge in [-0.25, -0.2) is 0 Å². The smallest absolute Gasteiger partial charge is 0.0793 e. The predicted octanol–water partition coefficient (Wildman–Crippen LogP) is 9.98. The van der Waals surface area contributed by atoms with Crippen LogP contribution in [-0.2, 0) is 4.84 Å². The van der Waals surface area contributed by atoms with Crippen LogP contribution in [0.3, 0.4) is 0 Å². The van der Waals surface area contributed by atoms with E-state index in [0.29, 0.717) is 12.1 Å². The third-order valence-electron chi connectivity index (χ3n) is 9.94. The van der Waals surface area contributed by atoms with Crippen molar-refractivity contribution in [3.8, 4) is 0 Å². The molecule has 2 aliphatic rings. The van der Waals surface area contributed by atoms with E-state index in [-0.39, 0.29) is 11.0 Å². The Labute approximate surface area is 227 Å². The maximum absolute atomic E-state index is 6.58. The van der Waals surface area contributed by atoms with E-state index < -0.39 is 0 Å². The summed E-state index contributed by atoms with van der Waals surface area (Å²) < 4.78 is 0. The molecule has 1 atom stereocenters. The maximum atomic E-state index is 6.58. The van der Waals surface area contributed by atoms with Gasteiger partial charge in [-0.15, -0.1) is 0 Å². The minimum absolute atomic E-state index is 0.0506. The zero-order chi connectivity index (χ0) is 26.1. The number of nitrogens with one attached hydrogen (secondary N) is 1. The standard InChI is InChI=1S/C33H66N2O/c1-6-7-8-9-10-11-12-13-14-15-16-17-18-19-20-24-28-34-31-27-29-35(33(4,5)32(31,2)3)36-30-25-22-21-23-26-30/h30-31,34H,6-29H2,1-5H3. The van der Waals surface area contributed by atoms with Crippen LogP contribution in [0.2, 0.25) is 0 Å². The Kier molecular flexibility index (Phi) is 16.2. The number of unbranched alkanes of at least 4 members (excludes halogenated alkanes) is 15. The second-order valence-corrected chi connectivity index (χ2v) is 13.3. The van der Waals surface area contributed by atoms with Crippen molar-refractivity contribution in [2.45, 2.75) is 194 Å². The highest BCUT2D eigenvalue weighted by Crippen LogP contribution is 2.44. The third kappa shape index (κ3) is 11.3. The minimum atomic E-state index is 0.0506. The summed E-state index contributed by atoms with van der Waals surface area (Å²) in [5.74, 6) is 0. The molecule has 2 rings (SSSR count). The van der Waals surface area contributed by atoms with Gasteiger partial charge in [0.1, 0.15) is 0 Å². The second-order valence-electron chi connectivity index (χ2n) is 13.3. The van der Waals surface area contributed by atoms with E-state index in [2.05, 4.69) is 45.0 Å². The van der Waals surface area contributed by atoms with Crippen LogP contribution >= 0.6 is 0 Å². The summed E-state index contributed by atoms with van der Waals surface area (Å²) in [7, 11) is 0. The number of nitrogens with zero attached hydrogens (tertiary/aromatic N) is 1. The van der Waals surface area contributed by atoms with Crippen LogP contribution in [0.25, 0.3) is 0 Å². The molecule has 0 spiro atoms. The van der Waals surface area contributed by atoms with Crippen LogP contribution in [0.15, 0.2) is 0 Å². The second kappa shape index (κ2) is 18.2. The van der Waals surface area contributed by atoms with Gasteiger partial charge in [-0.05, 0) is 46.1 Å². The minimum Gasteiger partial charge on any atom is -0.313 e. The van der Waals surface area contributed by atoms with Gasteiger partial charge in [-0.3, -0.25) is 4.84 Å². The van der Waals surface area contributed by atoms with Crippen LogP contribution in [0.1, 0.15) is 176 Å². The van der Waals surface area contributed by atoms with Crippen molar-refractivity contribution >= 4 is 0 Å². The Morgan fingerprint density at radius 3 is 1.61 bits per heavy atom. The Morgan fingerprint density at radius 2 is 1.11 bits per heavy atom. The zero-order valence-electron chi connectivity index (χ0n) is 25.5. The van der Waals surface area contributed by atoms with Crippen molar-refractivity contribution in [1.82, 2.24) is 10.4 Å². The van der Waals surface area contributed by atoms with Gasteiger partial charge in [0.25, 0.3) is 0 Å². The van der Waals surface area contributed by atoms with Gasteiger partial charge >= 0.3 is 0 Å². The van der Waals surface area contributed by atoms with E-state index in [1.54, 1.807) is 0 Å². The van der Waals surface area contributed by atoms with E-state index in [1.165, 1.54) is 148 Å². The Hall–Kier alpha value is -0.120. The van der Waals surface area contributed by atoms with Gasteiger partial charge in [0, 0.05) is 23.5 Å². The highest BCUT2D eigenvalue weighted by atomic mass is 16.7. The number of rotatable bonds is 20. The van der Waals surface area contributed by atoms with Gasteiger partial charge < -0.3 is 5.32 Å². The average molecular weight is 507 g/mol. The molecule has 36 heavy (non-hydrogen) atoms. The number of hydrogen-bond acceptors (Lipinski definition) is 3. The molecule has 0 aromatic carbocycles. The molecule has 1 N–H and O–H groups in total. The molecule has 0 aromatic rings. The van der Waals surface area contributed by atoms with Crippen molar-refractivity contribution in [3.63, 3.8) is 0 Å². The molecule has 3 heteroatoms. The summed E-state index contributed by atoms with van der Waals surface area (Å²) in [6.07, 6.45) is 31.2. The van der Waals surface area contributed by atoms with E-state index in [1.807, 2.05) is 0 Å². The molecule has 1 saturated carbocycles. The Morgan fingerprint density at radius 1 is 0.639 bits per heavy atom. The molecule has 0 aromatic heterocycles. The SMILES string of the molecule is CCCCCCCCCCCCCCCCCCNC1CCN(OC2CCCCC2)C(C)(C)C1(C)C. The topological polar surface area (TPSA) is 24.5 Å².